The molecule has 1 aliphatic rings. The third-order valence-corrected chi connectivity index (χ3v) is 4.21. The summed E-state index contributed by atoms with van der Waals surface area (Å²) in [5.41, 5.74) is 0. The predicted octanol–water partition coefficient (Wildman–Crippen LogP) is 3.34. The van der Waals surface area contributed by atoms with Crippen LogP contribution in [0.15, 0.2) is 0 Å². The van der Waals surface area contributed by atoms with Gasteiger partial charge in [0, 0.05) is 24.0 Å². The third-order valence-electron chi connectivity index (χ3n) is 3.52. The number of aryl methyl sites for hydroxylation is 1. The lowest BCUT2D eigenvalue weighted by atomic mass is 9.80. The second-order valence-corrected chi connectivity index (χ2v) is 5.77. The lowest BCUT2D eigenvalue weighted by molar-refractivity contribution is 0.276. The van der Waals surface area contributed by atoms with Crippen molar-refractivity contribution in [1.82, 2.24) is 9.36 Å². The van der Waals surface area contributed by atoms with Crippen molar-refractivity contribution in [2.75, 3.05) is 5.32 Å². The van der Waals surface area contributed by atoms with Crippen molar-refractivity contribution in [2.24, 2.45) is 11.8 Å². The van der Waals surface area contributed by atoms with Crippen LogP contribution in [0.3, 0.4) is 0 Å². The molecule has 0 radical (unpaired) electrons. The molecule has 0 aromatic carbocycles. The van der Waals surface area contributed by atoms with Gasteiger partial charge in [0.25, 0.3) is 0 Å². The summed E-state index contributed by atoms with van der Waals surface area (Å²) < 4.78 is 4.31. The van der Waals surface area contributed by atoms with Crippen LogP contribution in [0.1, 0.15) is 45.9 Å². The summed E-state index contributed by atoms with van der Waals surface area (Å²) in [6, 6.07) is 0.592. The Hall–Kier alpha value is -0.640. The maximum absolute atomic E-state index is 4.47. The Labute approximate surface area is 102 Å². The van der Waals surface area contributed by atoms with Crippen molar-refractivity contribution < 1.29 is 0 Å². The first-order valence-electron chi connectivity index (χ1n) is 6.28. The molecule has 1 aromatic rings. The first-order chi connectivity index (χ1) is 7.69. The molecule has 2 rings (SSSR count). The SMILES string of the molecule is CCc1nsc(NC2CCC(C)CC2C)n1. The molecular formula is C12H21N3S. The maximum Gasteiger partial charge on any atom is 0.202 e. The monoisotopic (exact) mass is 239 g/mol. The highest BCUT2D eigenvalue weighted by atomic mass is 32.1. The quantitative estimate of drug-likeness (QED) is 0.879. The van der Waals surface area contributed by atoms with Crippen LogP contribution in [0.4, 0.5) is 5.13 Å². The Balaban J connectivity index is 1.93. The lowest BCUT2D eigenvalue weighted by Gasteiger charge is -2.32. The van der Waals surface area contributed by atoms with E-state index in [9.17, 15) is 0 Å². The number of nitrogens with one attached hydrogen (secondary N) is 1. The minimum Gasteiger partial charge on any atom is -0.357 e. The Morgan fingerprint density at radius 1 is 1.38 bits per heavy atom. The summed E-state index contributed by atoms with van der Waals surface area (Å²) in [4.78, 5) is 4.47. The van der Waals surface area contributed by atoms with E-state index < -0.39 is 0 Å². The van der Waals surface area contributed by atoms with Crippen molar-refractivity contribution in [3.8, 4) is 0 Å². The van der Waals surface area contributed by atoms with Crippen LogP contribution in [0.2, 0.25) is 0 Å². The molecule has 1 N–H and O–H groups in total. The van der Waals surface area contributed by atoms with Gasteiger partial charge in [0.05, 0.1) is 0 Å². The van der Waals surface area contributed by atoms with Gasteiger partial charge in [-0.1, -0.05) is 20.8 Å². The van der Waals surface area contributed by atoms with Crippen molar-refractivity contribution in [3.63, 3.8) is 0 Å². The molecule has 0 spiro atoms. The maximum atomic E-state index is 4.47. The van der Waals surface area contributed by atoms with Gasteiger partial charge in [-0.15, -0.1) is 0 Å². The van der Waals surface area contributed by atoms with Crippen LogP contribution >= 0.6 is 11.5 Å². The molecule has 0 bridgehead atoms. The van der Waals surface area contributed by atoms with Gasteiger partial charge >= 0.3 is 0 Å². The molecule has 90 valence electrons. The van der Waals surface area contributed by atoms with E-state index in [4.69, 9.17) is 0 Å². The van der Waals surface area contributed by atoms with Crippen molar-refractivity contribution in [1.29, 1.82) is 0 Å². The van der Waals surface area contributed by atoms with Gasteiger partial charge in [-0.05, 0) is 31.1 Å². The normalized spacial score (nSPS) is 30.3. The fraction of sp³-hybridized carbons (Fsp3) is 0.833. The molecule has 1 aliphatic carbocycles. The Bertz CT molecular complexity index is 337. The molecule has 0 aliphatic heterocycles. The Morgan fingerprint density at radius 2 is 2.19 bits per heavy atom. The van der Waals surface area contributed by atoms with Crippen molar-refractivity contribution in [3.05, 3.63) is 5.82 Å². The van der Waals surface area contributed by atoms with Crippen molar-refractivity contribution >= 4 is 16.7 Å². The highest BCUT2D eigenvalue weighted by molar-refractivity contribution is 7.09. The molecule has 3 nitrogen and oxygen atoms in total. The zero-order chi connectivity index (χ0) is 11.5. The molecule has 4 heteroatoms. The van der Waals surface area contributed by atoms with Crippen molar-refractivity contribution in [2.45, 2.75) is 52.5 Å². The molecule has 1 fully saturated rings. The summed E-state index contributed by atoms with van der Waals surface area (Å²) in [5, 5.41) is 4.55. The molecule has 1 heterocycles. The zero-order valence-corrected chi connectivity index (χ0v) is 11.2. The van der Waals surface area contributed by atoms with Crippen LogP contribution in [0.5, 0.6) is 0 Å². The third kappa shape index (κ3) is 2.73. The van der Waals surface area contributed by atoms with Gasteiger partial charge < -0.3 is 5.32 Å². The highest BCUT2D eigenvalue weighted by Crippen LogP contribution is 2.30. The second kappa shape index (κ2) is 5.13. The number of hydrogen-bond acceptors (Lipinski definition) is 4. The van der Waals surface area contributed by atoms with Gasteiger partial charge in [0.1, 0.15) is 5.82 Å². The standard InChI is InChI=1S/C12H21N3S/c1-4-11-14-12(16-15-11)13-10-6-5-8(2)7-9(10)3/h8-10H,4-7H2,1-3H3,(H,13,14,15). The topological polar surface area (TPSA) is 37.8 Å². The molecule has 1 saturated carbocycles. The number of aromatic nitrogens is 2. The average Bonchev–Trinajstić information content (AvgIpc) is 2.70. The molecule has 3 unspecified atom stereocenters. The fourth-order valence-corrected chi connectivity index (χ4v) is 3.21. The van der Waals surface area contributed by atoms with Crippen LogP contribution in [-0.4, -0.2) is 15.4 Å². The average molecular weight is 239 g/mol. The van der Waals surface area contributed by atoms with Gasteiger partial charge in [-0.2, -0.15) is 4.37 Å². The van der Waals surface area contributed by atoms with E-state index in [2.05, 4.69) is 35.4 Å². The van der Waals surface area contributed by atoms with E-state index in [1.54, 1.807) is 0 Å². The van der Waals surface area contributed by atoms with E-state index >= 15 is 0 Å². The first kappa shape index (κ1) is 11.8. The molecule has 0 amide bonds. The summed E-state index contributed by atoms with van der Waals surface area (Å²) in [7, 11) is 0. The summed E-state index contributed by atoms with van der Waals surface area (Å²) in [5.74, 6) is 2.59. The van der Waals surface area contributed by atoms with Crippen LogP contribution < -0.4 is 5.32 Å². The lowest BCUT2D eigenvalue weighted by Crippen LogP contribution is -2.32. The summed E-state index contributed by atoms with van der Waals surface area (Å²) >= 11 is 1.50. The second-order valence-electron chi connectivity index (χ2n) is 5.02. The zero-order valence-electron chi connectivity index (χ0n) is 10.4. The molecule has 0 saturated heterocycles. The fourth-order valence-electron chi connectivity index (χ4n) is 2.49. The van der Waals surface area contributed by atoms with Gasteiger partial charge in [0.15, 0.2) is 0 Å². The van der Waals surface area contributed by atoms with Crippen LogP contribution in [0.25, 0.3) is 0 Å². The van der Waals surface area contributed by atoms with E-state index in [1.165, 1.54) is 30.8 Å². The first-order valence-corrected chi connectivity index (χ1v) is 7.05. The number of anilines is 1. The summed E-state index contributed by atoms with van der Waals surface area (Å²) in [6.45, 7) is 6.79. The van der Waals surface area contributed by atoms with Crippen LogP contribution in [-0.2, 0) is 6.42 Å². The van der Waals surface area contributed by atoms with Crippen LogP contribution in [0, 0.1) is 11.8 Å². The Morgan fingerprint density at radius 3 is 2.81 bits per heavy atom. The van der Waals surface area contributed by atoms with Gasteiger partial charge in [-0.3, -0.25) is 0 Å². The highest BCUT2D eigenvalue weighted by Gasteiger charge is 2.25. The largest absolute Gasteiger partial charge is 0.357 e. The van der Waals surface area contributed by atoms with Gasteiger partial charge in [0.2, 0.25) is 5.13 Å². The van der Waals surface area contributed by atoms with Gasteiger partial charge in [-0.25, -0.2) is 4.98 Å². The van der Waals surface area contributed by atoms with E-state index in [1.807, 2.05) is 0 Å². The smallest absolute Gasteiger partial charge is 0.202 e. The Kier molecular flexibility index (Phi) is 3.79. The minimum atomic E-state index is 0.592. The predicted molar refractivity (Wildman–Crippen MR) is 68.9 cm³/mol. The van der Waals surface area contributed by atoms with E-state index in [0.717, 1.165) is 29.2 Å². The molecular weight excluding hydrogens is 218 g/mol. The minimum absolute atomic E-state index is 0.592. The number of rotatable bonds is 3. The van der Waals surface area contributed by atoms with E-state index in [0.29, 0.717) is 6.04 Å². The number of nitrogens with zero attached hydrogens (tertiary/aromatic N) is 2. The molecule has 3 atom stereocenters. The summed E-state index contributed by atoms with van der Waals surface area (Å²) in [6.07, 6.45) is 4.86. The van der Waals surface area contributed by atoms with E-state index in [-0.39, 0.29) is 0 Å². The molecule has 16 heavy (non-hydrogen) atoms. The molecule has 1 aromatic heterocycles. The number of hydrogen-bond donors (Lipinski definition) is 1.